The summed E-state index contributed by atoms with van der Waals surface area (Å²) in [4.78, 5) is 10.1. The van der Waals surface area contributed by atoms with Gasteiger partial charge in [-0.05, 0) is 18.2 Å². The summed E-state index contributed by atoms with van der Waals surface area (Å²) >= 11 is 5.94. The number of nitro groups is 1. The first-order valence-corrected chi connectivity index (χ1v) is 5.92. The molecule has 20 heavy (non-hydrogen) atoms. The van der Waals surface area contributed by atoms with E-state index in [0.29, 0.717) is 11.3 Å². The van der Waals surface area contributed by atoms with Gasteiger partial charge in [-0.1, -0.05) is 23.7 Å². The lowest BCUT2D eigenvalue weighted by Crippen LogP contribution is -2.12. The molecule has 2 rings (SSSR count). The summed E-state index contributed by atoms with van der Waals surface area (Å²) < 4.78 is 5.56. The van der Waals surface area contributed by atoms with Gasteiger partial charge in [-0.25, -0.2) is 0 Å². The largest absolute Gasteiger partial charge is 0.455 e. The molecule has 0 bridgehead atoms. The summed E-state index contributed by atoms with van der Waals surface area (Å²) in [7, 11) is 0. The van der Waals surface area contributed by atoms with E-state index in [-0.39, 0.29) is 22.3 Å². The molecule has 0 unspecified atom stereocenters. The van der Waals surface area contributed by atoms with E-state index in [1.165, 1.54) is 18.2 Å². The first-order valence-electron chi connectivity index (χ1n) is 5.54. The number of nitro benzene ring substituents is 1. The van der Waals surface area contributed by atoms with E-state index in [4.69, 9.17) is 27.5 Å². The van der Waals surface area contributed by atoms with Crippen LogP contribution in [0.25, 0.3) is 0 Å². The minimum absolute atomic E-state index is 0.109. The van der Waals surface area contributed by atoms with Crippen LogP contribution in [0.4, 0.5) is 5.69 Å². The minimum atomic E-state index is -0.542. The lowest BCUT2D eigenvalue weighted by atomic mass is 10.2. The van der Waals surface area contributed by atoms with Gasteiger partial charge < -0.3 is 10.5 Å². The van der Waals surface area contributed by atoms with Crippen molar-refractivity contribution in [3.63, 3.8) is 0 Å². The fourth-order valence-corrected chi connectivity index (χ4v) is 1.80. The van der Waals surface area contributed by atoms with Crippen molar-refractivity contribution in [3.05, 3.63) is 63.2 Å². The Kier molecular flexibility index (Phi) is 3.86. The number of benzene rings is 2. The number of non-ortho nitro benzene ring substituents is 1. The predicted octanol–water partition coefficient (Wildman–Crippen LogP) is 3.32. The second-order valence-electron chi connectivity index (χ2n) is 3.88. The van der Waals surface area contributed by atoms with Crippen molar-refractivity contribution in [2.45, 2.75) is 0 Å². The predicted molar refractivity (Wildman–Crippen MR) is 75.6 cm³/mol. The maximum Gasteiger partial charge on any atom is 0.271 e. The molecule has 0 heterocycles. The number of ether oxygens (including phenoxy) is 1. The monoisotopic (exact) mass is 291 g/mol. The Morgan fingerprint density at radius 2 is 1.95 bits per heavy atom. The molecule has 0 aliphatic rings. The lowest BCUT2D eigenvalue weighted by Gasteiger charge is -2.11. The van der Waals surface area contributed by atoms with Crippen molar-refractivity contribution in [2.75, 3.05) is 0 Å². The number of rotatable bonds is 4. The molecular formula is C13H10ClN3O3. The average Bonchev–Trinajstić information content (AvgIpc) is 2.41. The van der Waals surface area contributed by atoms with Crippen molar-refractivity contribution in [1.82, 2.24) is 0 Å². The third-order valence-corrected chi connectivity index (χ3v) is 2.82. The SMILES string of the molecule is N=C(N)c1ccccc1Oc1ccc([N+](=O)[O-])cc1Cl. The van der Waals surface area contributed by atoms with E-state index in [1.807, 2.05) is 0 Å². The first-order chi connectivity index (χ1) is 9.49. The number of nitrogens with zero attached hydrogens (tertiary/aromatic N) is 1. The Balaban J connectivity index is 2.36. The minimum Gasteiger partial charge on any atom is -0.455 e. The fraction of sp³-hybridized carbons (Fsp3) is 0. The number of hydrogen-bond acceptors (Lipinski definition) is 4. The van der Waals surface area contributed by atoms with Crippen LogP contribution in [0, 0.1) is 15.5 Å². The Labute approximate surface area is 119 Å². The summed E-state index contributed by atoms with van der Waals surface area (Å²) in [5.74, 6) is 0.473. The molecule has 0 saturated heterocycles. The highest BCUT2D eigenvalue weighted by Gasteiger charge is 2.13. The summed E-state index contributed by atoms with van der Waals surface area (Å²) in [6, 6.07) is 10.6. The van der Waals surface area contributed by atoms with Gasteiger partial charge in [-0.15, -0.1) is 0 Å². The number of nitrogen functional groups attached to an aromatic ring is 1. The summed E-state index contributed by atoms with van der Waals surface area (Å²) in [5, 5.41) is 18.2. The van der Waals surface area contributed by atoms with Crippen LogP contribution < -0.4 is 10.5 Å². The lowest BCUT2D eigenvalue weighted by molar-refractivity contribution is -0.384. The zero-order valence-electron chi connectivity index (χ0n) is 10.2. The molecule has 6 nitrogen and oxygen atoms in total. The van der Waals surface area contributed by atoms with E-state index >= 15 is 0 Å². The summed E-state index contributed by atoms with van der Waals surface area (Å²) in [6.07, 6.45) is 0. The molecule has 2 aromatic rings. The molecule has 0 spiro atoms. The van der Waals surface area contributed by atoms with Gasteiger partial charge in [0.2, 0.25) is 0 Å². The number of hydrogen-bond donors (Lipinski definition) is 2. The van der Waals surface area contributed by atoms with Gasteiger partial charge in [-0.2, -0.15) is 0 Å². The number of nitrogens with one attached hydrogen (secondary N) is 1. The molecule has 0 atom stereocenters. The van der Waals surface area contributed by atoms with Crippen LogP contribution in [0.2, 0.25) is 5.02 Å². The molecule has 0 amide bonds. The average molecular weight is 292 g/mol. The standard InChI is InChI=1S/C13H10ClN3O3/c14-10-7-8(17(18)19)5-6-12(10)20-11-4-2-1-3-9(11)13(15)16/h1-7H,(H3,15,16). The molecule has 3 N–H and O–H groups in total. The highest BCUT2D eigenvalue weighted by Crippen LogP contribution is 2.33. The van der Waals surface area contributed by atoms with Crippen LogP contribution >= 0.6 is 11.6 Å². The second-order valence-corrected chi connectivity index (χ2v) is 4.29. The van der Waals surface area contributed by atoms with E-state index in [9.17, 15) is 10.1 Å². The number of para-hydroxylation sites is 1. The summed E-state index contributed by atoms with van der Waals surface area (Å²) in [6.45, 7) is 0. The third kappa shape index (κ3) is 2.86. The zero-order chi connectivity index (χ0) is 14.7. The Bertz CT molecular complexity index is 688. The van der Waals surface area contributed by atoms with Crippen molar-refractivity contribution >= 4 is 23.1 Å². The van der Waals surface area contributed by atoms with Crippen molar-refractivity contribution in [2.24, 2.45) is 5.73 Å². The highest BCUT2D eigenvalue weighted by atomic mass is 35.5. The second kappa shape index (κ2) is 5.58. The fourth-order valence-electron chi connectivity index (χ4n) is 1.58. The van der Waals surface area contributed by atoms with Gasteiger partial charge in [0.05, 0.1) is 15.5 Å². The van der Waals surface area contributed by atoms with Gasteiger partial charge in [0.25, 0.3) is 5.69 Å². The highest BCUT2D eigenvalue weighted by molar-refractivity contribution is 6.32. The molecule has 2 aromatic carbocycles. The number of amidine groups is 1. The Hall–Kier alpha value is -2.60. The number of nitrogens with two attached hydrogens (primary N) is 1. The van der Waals surface area contributed by atoms with Gasteiger partial charge in [0.1, 0.15) is 17.3 Å². The van der Waals surface area contributed by atoms with E-state index < -0.39 is 4.92 Å². The quantitative estimate of drug-likeness (QED) is 0.390. The van der Waals surface area contributed by atoms with Crippen molar-refractivity contribution in [1.29, 1.82) is 5.41 Å². The van der Waals surface area contributed by atoms with E-state index in [0.717, 1.165) is 0 Å². The normalized spacial score (nSPS) is 10.1. The molecule has 102 valence electrons. The molecule has 7 heteroatoms. The van der Waals surface area contributed by atoms with E-state index in [1.54, 1.807) is 24.3 Å². The maximum atomic E-state index is 10.6. The summed E-state index contributed by atoms with van der Waals surface area (Å²) in [5.41, 5.74) is 5.75. The van der Waals surface area contributed by atoms with Gasteiger partial charge >= 0.3 is 0 Å². The topological polar surface area (TPSA) is 102 Å². The van der Waals surface area contributed by atoms with Crippen molar-refractivity contribution in [3.8, 4) is 11.5 Å². The number of halogens is 1. The maximum absolute atomic E-state index is 10.6. The molecular weight excluding hydrogens is 282 g/mol. The molecule has 0 aliphatic carbocycles. The van der Waals surface area contributed by atoms with Crippen LogP contribution in [-0.2, 0) is 0 Å². The van der Waals surface area contributed by atoms with Crippen molar-refractivity contribution < 1.29 is 9.66 Å². The molecule has 0 saturated carbocycles. The Morgan fingerprint density at radius 1 is 1.25 bits per heavy atom. The molecule has 0 aliphatic heterocycles. The van der Waals surface area contributed by atoms with Crippen LogP contribution in [-0.4, -0.2) is 10.8 Å². The third-order valence-electron chi connectivity index (χ3n) is 2.52. The van der Waals surface area contributed by atoms with Gasteiger partial charge in [0.15, 0.2) is 0 Å². The molecule has 0 radical (unpaired) electrons. The van der Waals surface area contributed by atoms with Gasteiger partial charge in [-0.3, -0.25) is 15.5 Å². The van der Waals surface area contributed by atoms with Crippen LogP contribution in [0.3, 0.4) is 0 Å². The zero-order valence-corrected chi connectivity index (χ0v) is 10.9. The van der Waals surface area contributed by atoms with Gasteiger partial charge in [0, 0.05) is 12.1 Å². The smallest absolute Gasteiger partial charge is 0.271 e. The first kappa shape index (κ1) is 13.8. The van der Waals surface area contributed by atoms with Crippen LogP contribution in [0.5, 0.6) is 11.5 Å². The molecule has 0 aromatic heterocycles. The molecule has 0 fully saturated rings. The van der Waals surface area contributed by atoms with Crippen LogP contribution in [0.15, 0.2) is 42.5 Å². The van der Waals surface area contributed by atoms with Crippen LogP contribution in [0.1, 0.15) is 5.56 Å². The Morgan fingerprint density at radius 3 is 2.55 bits per heavy atom. The van der Waals surface area contributed by atoms with E-state index in [2.05, 4.69) is 0 Å².